The Kier molecular flexibility index (Phi) is 7.69. The molecule has 0 radical (unpaired) electrons. The molecule has 0 aliphatic carbocycles. The van der Waals surface area contributed by atoms with Gasteiger partial charge in [-0.3, -0.25) is 9.59 Å². The summed E-state index contributed by atoms with van der Waals surface area (Å²) in [7, 11) is 0. The molecule has 2 atom stereocenters. The Morgan fingerprint density at radius 2 is 1.48 bits per heavy atom. The molecule has 0 N–H and O–H groups in total. The molecular formula is C24H26ClNO5. The van der Waals surface area contributed by atoms with Gasteiger partial charge in [-0.05, 0) is 81.6 Å². The van der Waals surface area contributed by atoms with E-state index in [1.807, 2.05) is 4.90 Å². The van der Waals surface area contributed by atoms with Gasteiger partial charge in [-0.25, -0.2) is 4.79 Å². The largest absolute Gasteiger partial charge is 0.484 e. The van der Waals surface area contributed by atoms with Gasteiger partial charge >= 0.3 is 5.97 Å². The minimum absolute atomic E-state index is 0.0381. The number of Topliss-reactive ketones (excluding diaryl/α,β-unsaturated/α-hetero) is 1. The highest BCUT2D eigenvalue weighted by Crippen LogP contribution is 2.23. The van der Waals surface area contributed by atoms with Crippen LogP contribution in [0.15, 0.2) is 48.5 Å². The standard InChI is InChI=1S/C24H26ClNO5/c1-16-4-3-5-17(2)26(16)23(28)15-30-21-12-8-19(9-13-21)24(29)31-14-22(27)18-6-10-20(25)11-7-18/h6-13,16-17H,3-5,14-15H2,1-2H3/t16-,17-/m1/s1. The number of halogens is 1. The predicted molar refractivity (Wildman–Crippen MR) is 118 cm³/mol. The molecule has 1 saturated heterocycles. The van der Waals surface area contributed by atoms with Crippen LogP contribution < -0.4 is 4.74 Å². The minimum Gasteiger partial charge on any atom is -0.484 e. The average molecular weight is 444 g/mol. The predicted octanol–water partition coefficient (Wildman–Crippen LogP) is 4.55. The van der Waals surface area contributed by atoms with Gasteiger partial charge in [-0.1, -0.05) is 11.6 Å². The van der Waals surface area contributed by atoms with Crippen molar-refractivity contribution in [3.63, 3.8) is 0 Å². The summed E-state index contributed by atoms with van der Waals surface area (Å²) < 4.78 is 10.7. The van der Waals surface area contributed by atoms with Crippen molar-refractivity contribution in [1.29, 1.82) is 0 Å². The molecule has 0 saturated carbocycles. The molecule has 31 heavy (non-hydrogen) atoms. The molecular weight excluding hydrogens is 418 g/mol. The first-order valence-electron chi connectivity index (χ1n) is 10.3. The Labute approximate surface area is 187 Å². The van der Waals surface area contributed by atoms with Crippen molar-refractivity contribution < 1.29 is 23.9 Å². The molecule has 1 aliphatic heterocycles. The fraction of sp³-hybridized carbons (Fsp3) is 0.375. The number of hydrogen-bond acceptors (Lipinski definition) is 5. The highest BCUT2D eigenvalue weighted by molar-refractivity contribution is 6.30. The Morgan fingerprint density at radius 3 is 2.10 bits per heavy atom. The van der Waals surface area contributed by atoms with Crippen LogP contribution in [0.2, 0.25) is 5.02 Å². The highest BCUT2D eigenvalue weighted by atomic mass is 35.5. The van der Waals surface area contributed by atoms with Gasteiger partial charge in [0.2, 0.25) is 0 Å². The summed E-state index contributed by atoms with van der Waals surface area (Å²) in [6.07, 6.45) is 3.15. The van der Waals surface area contributed by atoms with E-state index in [4.69, 9.17) is 21.1 Å². The van der Waals surface area contributed by atoms with Crippen molar-refractivity contribution in [3.05, 3.63) is 64.7 Å². The highest BCUT2D eigenvalue weighted by Gasteiger charge is 2.29. The van der Waals surface area contributed by atoms with Crippen molar-refractivity contribution in [1.82, 2.24) is 4.90 Å². The van der Waals surface area contributed by atoms with Crippen molar-refractivity contribution in [2.24, 2.45) is 0 Å². The van der Waals surface area contributed by atoms with Gasteiger partial charge in [0, 0.05) is 22.7 Å². The first kappa shape index (κ1) is 22.8. The maximum Gasteiger partial charge on any atom is 0.338 e. The lowest BCUT2D eigenvalue weighted by Crippen LogP contribution is -2.49. The Bertz CT molecular complexity index is 916. The number of amides is 1. The lowest BCUT2D eigenvalue weighted by molar-refractivity contribution is -0.139. The average Bonchev–Trinajstić information content (AvgIpc) is 2.76. The van der Waals surface area contributed by atoms with Crippen molar-refractivity contribution in [2.45, 2.75) is 45.2 Å². The zero-order valence-electron chi connectivity index (χ0n) is 17.7. The second-order valence-electron chi connectivity index (χ2n) is 7.75. The second kappa shape index (κ2) is 10.4. The zero-order chi connectivity index (χ0) is 22.4. The lowest BCUT2D eigenvalue weighted by atomic mass is 9.97. The molecule has 164 valence electrons. The van der Waals surface area contributed by atoms with Gasteiger partial charge in [0.25, 0.3) is 5.91 Å². The Balaban J connectivity index is 1.49. The quantitative estimate of drug-likeness (QED) is 0.463. The van der Waals surface area contributed by atoms with Gasteiger partial charge in [-0.2, -0.15) is 0 Å². The molecule has 6 nitrogen and oxygen atoms in total. The number of ether oxygens (including phenoxy) is 2. The number of likely N-dealkylation sites (tertiary alicyclic amines) is 1. The summed E-state index contributed by atoms with van der Waals surface area (Å²) in [6.45, 7) is 3.71. The van der Waals surface area contributed by atoms with Gasteiger partial charge in [0.1, 0.15) is 5.75 Å². The molecule has 0 unspecified atom stereocenters. The fourth-order valence-corrected chi connectivity index (χ4v) is 3.88. The van der Waals surface area contributed by atoms with Crippen LogP contribution in [0.25, 0.3) is 0 Å². The number of piperidine rings is 1. The second-order valence-corrected chi connectivity index (χ2v) is 8.19. The van der Waals surface area contributed by atoms with Crippen LogP contribution in [0, 0.1) is 0 Å². The molecule has 0 aromatic heterocycles. The minimum atomic E-state index is -0.610. The van der Waals surface area contributed by atoms with E-state index >= 15 is 0 Å². The monoisotopic (exact) mass is 443 g/mol. The topological polar surface area (TPSA) is 72.9 Å². The van der Waals surface area contributed by atoms with Gasteiger partial charge in [0.05, 0.1) is 5.56 Å². The van der Waals surface area contributed by atoms with E-state index in [2.05, 4.69) is 13.8 Å². The van der Waals surface area contributed by atoms with Crippen LogP contribution >= 0.6 is 11.6 Å². The number of carbonyl (C=O) groups is 3. The van der Waals surface area contributed by atoms with E-state index < -0.39 is 5.97 Å². The van der Waals surface area contributed by atoms with Crippen molar-refractivity contribution in [2.75, 3.05) is 13.2 Å². The molecule has 0 spiro atoms. The van der Waals surface area contributed by atoms with Crippen LogP contribution in [0.3, 0.4) is 0 Å². The molecule has 7 heteroatoms. The summed E-state index contributed by atoms with van der Waals surface area (Å²) in [4.78, 5) is 38.7. The van der Waals surface area contributed by atoms with Crippen LogP contribution in [0.5, 0.6) is 5.75 Å². The first-order chi connectivity index (χ1) is 14.8. The molecule has 1 amide bonds. The maximum atomic E-state index is 12.5. The van der Waals surface area contributed by atoms with Crippen LogP contribution in [0.1, 0.15) is 53.8 Å². The van der Waals surface area contributed by atoms with Crippen molar-refractivity contribution in [3.8, 4) is 5.75 Å². The lowest BCUT2D eigenvalue weighted by Gasteiger charge is -2.38. The van der Waals surface area contributed by atoms with Crippen LogP contribution in [-0.2, 0) is 9.53 Å². The van der Waals surface area contributed by atoms with E-state index in [0.29, 0.717) is 21.9 Å². The Hall–Kier alpha value is -2.86. The van der Waals surface area contributed by atoms with Gasteiger partial charge < -0.3 is 14.4 Å². The van der Waals surface area contributed by atoms with E-state index in [9.17, 15) is 14.4 Å². The number of esters is 1. The Morgan fingerprint density at radius 1 is 0.903 bits per heavy atom. The number of nitrogens with zero attached hydrogens (tertiary/aromatic N) is 1. The first-order valence-corrected chi connectivity index (χ1v) is 10.7. The maximum absolute atomic E-state index is 12.5. The van der Waals surface area contributed by atoms with E-state index in [1.165, 1.54) is 0 Å². The smallest absolute Gasteiger partial charge is 0.338 e. The number of hydrogen-bond donors (Lipinski definition) is 0. The molecule has 1 heterocycles. The van der Waals surface area contributed by atoms with Gasteiger partial charge in [-0.15, -0.1) is 0 Å². The summed E-state index contributed by atoms with van der Waals surface area (Å²) in [5.41, 5.74) is 0.712. The normalized spacial score (nSPS) is 18.4. The van der Waals surface area contributed by atoms with Crippen LogP contribution in [0.4, 0.5) is 0 Å². The van der Waals surface area contributed by atoms with E-state index in [0.717, 1.165) is 19.3 Å². The zero-order valence-corrected chi connectivity index (χ0v) is 18.4. The molecule has 1 aliphatic rings. The molecule has 2 aromatic rings. The van der Waals surface area contributed by atoms with Gasteiger partial charge in [0.15, 0.2) is 19.0 Å². The SMILES string of the molecule is C[C@@H]1CCC[C@@H](C)N1C(=O)COc1ccc(C(=O)OCC(=O)c2ccc(Cl)cc2)cc1. The van der Waals surface area contributed by atoms with Crippen molar-refractivity contribution >= 4 is 29.3 Å². The van der Waals surface area contributed by atoms with E-state index in [-0.39, 0.29) is 37.0 Å². The molecule has 2 aromatic carbocycles. The summed E-state index contributed by atoms with van der Waals surface area (Å²) in [5.74, 6) is -0.478. The van der Waals surface area contributed by atoms with Crippen LogP contribution in [-0.4, -0.2) is 47.9 Å². The van der Waals surface area contributed by atoms with E-state index in [1.54, 1.807) is 48.5 Å². The third-order valence-corrected chi connectivity index (χ3v) is 5.69. The number of benzene rings is 2. The third kappa shape index (κ3) is 6.07. The summed E-state index contributed by atoms with van der Waals surface area (Å²) >= 11 is 5.80. The fourth-order valence-electron chi connectivity index (χ4n) is 3.75. The number of rotatable bonds is 7. The molecule has 3 rings (SSSR count). The summed E-state index contributed by atoms with van der Waals surface area (Å²) in [6, 6.07) is 13.1. The molecule has 1 fully saturated rings. The number of carbonyl (C=O) groups excluding carboxylic acids is 3. The third-order valence-electron chi connectivity index (χ3n) is 5.43. The number of ketones is 1. The molecule has 0 bridgehead atoms. The summed E-state index contributed by atoms with van der Waals surface area (Å²) in [5, 5.41) is 0.525.